The smallest absolute Gasteiger partial charge is 0.165 e. The van der Waals surface area contributed by atoms with E-state index in [9.17, 15) is 4.79 Å². The van der Waals surface area contributed by atoms with E-state index in [0.29, 0.717) is 17.6 Å². The third-order valence-corrected chi connectivity index (χ3v) is 3.97. The van der Waals surface area contributed by atoms with Gasteiger partial charge in [-0.15, -0.1) is 0 Å². The average molecular weight is 230 g/mol. The second-order valence-electron chi connectivity index (χ2n) is 5.26. The summed E-state index contributed by atoms with van der Waals surface area (Å²) < 4.78 is 5.37. The number of benzene rings is 1. The van der Waals surface area contributed by atoms with E-state index in [-0.39, 0.29) is 12.0 Å². The summed E-state index contributed by atoms with van der Waals surface area (Å²) in [6.45, 7) is 0. The first-order valence-corrected chi connectivity index (χ1v) is 6.42. The van der Waals surface area contributed by atoms with Gasteiger partial charge in [-0.05, 0) is 36.7 Å². The van der Waals surface area contributed by atoms with E-state index < -0.39 is 0 Å². The number of carbonyl (C=O) groups excluding carboxylic acids is 1. The molecule has 2 saturated carbocycles. The van der Waals surface area contributed by atoms with Crippen LogP contribution in [0, 0.1) is 11.8 Å². The van der Waals surface area contributed by atoms with Crippen molar-refractivity contribution in [3.63, 3.8) is 0 Å². The Labute approximate surface area is 102 Å². The number of methoxy groups -OCH3 is 1. The third-order valence-electron chi connectivity index (χ3n) is 3.97. The van der Waals surface area contributed by atoms with Crippen molar-refractivity contribution in [1.82, 2.24) is 0 Å². The minimum Gasteiger partial charge on any atom is -0.373 e. The zero-order valence-corrected chi connectivity index (χ0v) is 10.1. The van der Waals surface area contributed by atoms with Crippen LogP contribution >= 0.6 is 0 Å². The Balaban J connectivity index is 1.66. The maximum Gasteiger partial charge on any atom is 0.165 e. The van der Waals surface area contributed by atoms with Crippen molar-refractivity contribution >= 4 is 5.78 Å². The fourth-order valence-corrected chi connectivity index (χ4v) is 2.73. The number of rotatable bonds is 5. The minimum absolute atomic E-state index is 0.131. The van der Waals surface area contributed by atoms with Gasteiger partial charge in [0.15, 0.2) is 5.78 Å². The molecule has 2 heteroatoms. The van der Waals surface area contributed by atoms with E-state index in [0.717, 1.165) is 19.3 Å². The molecule has 0 aliphatic heterocycles. The SMILES string of the molecule is COC(C(=O)C1CC1c1ccccc1)C1CC1. The Bertz CT molecular complexity index is 408. The molecule has 1 aromatic carbocycles. The molecule has 2 nitrogen and oxygen atoms in total. The molecule has 0 aromatic heterocycles. The van der Waals surface area contributed by atoms with E-state index in [1.54, 1.807) is 7.11 Å². The van der Waals surface area contributed by atoms with E-state index in [1.165, 1.54) is 5.56 Å². The zero-order chi connectivity index (χ0) is 11.8. The molecule has 0 radical (unpaired) electrons. The van der Waals surface area contributed by atoms with Crippen LogP contribution < -0.4 is 0 Å². The third kappa shape index (κ3) is 2.14. The molecule has 17 heavy (non-hydrogen) atoms. The van der Waals surface area contributed by atoms with Gasteiger partial charge in [0.05, 0.1) is 0 Å². The molecule has 3 unspecified atom stereocenters. The van der Waals surface area contributed by atoms with E-state index in [1.807, 2.05) is 18.2 Å². The van der Waals surface area contributed by atoms with Crippen molar-refractivity contribution in [2.24, 2.45) is 11.8 Å². The first-order valence-electron chi connectivity index (χ1n) is 6.42. The Morgan fingerprint density at radius 1 is 1.29 bits per heavy atom. The van der Waals surface area contributed by atoms with Crippen molar-refractivity contribution in [1.29, 1.82) is 0 Å². The lowest BCUT2D eigenvalue weighted by molar-refractivity contribution is -0.131. The highest BCUT2D eigenvalue weighted by Crippen LogP contribution is 2.50. The number of carbonyl (C=O) groups is 1. The average Bonchev–Trinajstić information content (AvgIpc) is 3.24. The number of ketones is 1. The second-order valence-corrected chi connectivity index (χ2v) is 5.26. The highest BCUT2D eigenvalue weighted by atomic mass is 16.5. The molecule has 1 aromatic rings. The molecule has 2 fully saturated rings. The lowest BCUT2D eigenvalue weighted by Gasteiger charge is -2.12. The molecule has 0 heterocycles. The van der Waals surface area contributed by atoms with Crippen molar-refractivity contribution in [3.8, 4) is 0 Å². The Morgan fingerprint density at radius 3 is 2.59 bits per heavy atom. The van der Waals surface area contributed by atoms with Gasteiger partial charge >= 0.3 is 0 Å². The molecular formula is C15H18O2. The summed E-state index contributed by atoms with van der Waals surface area (Å²) in [5.41, 5.74) is 1.30. The molecule has 2 aliphatic carbocycles. The normalized spacial score (nSPS) is 28.8. The topological polar surface area (TPSA) is 26.3 Å². The summed E-state index contributed by atoms with van der Waals surface area (Å²) in [6.07, 6.45) is 3.20. The van der Waals surface area contributed by atoms with Crippen LogP contribution in [0.1, 0.15) is 30.7 Å². The fraction of sp³-hybridized carbons (Fsp3) is 0.533. The van der Waals surface area contributed by atoms with Crippen LogP contribution in [0.5, 0.6) is 0 Å². The molecular weight excluding hydrogens is 212 g/mol. The Kier molecular flexibility index (Phi) is 2.75. The maximum atomic E-state index is 12.3. The van der Waals surface area contributed by atoms with E-state index in [4.69, 9.17) is 4.74 Å². The van der Waals surface area contributed by atoms with Gasteiger partial charge in [-0.2, -0.15) is 0 Å². The van der Waals surface area contributed by atoms with Gasteiger partial charge in [0.2, 0.25) is 0 Å². The Morgan fingerprint density at radius 2 is 2.00 bits per heavy atom. The van der Waals surface area contributed by atoms with Crippen LogP contribution in [0.15, 0.2) is 30.3 Å². The molecule has 0 bridgehead atoms. The number of ether oxygens (including phenoxy) is 1. The van der Waals surface area contributed by atoms with Crippen LogP contribution in [0.4, 0.5) is 0 Å². The maximum absolute atomic E-state index is 12.3. The minimum atomic E-state index is -0.131. The first kappa shape index (κ1) is 11.0. The van der Waals surface area contributed by atoms with Gasteiger partial charge in [0.25, 0.3) is 0 Å². The quantitative estimate of drug-likeness (QED) is 0.777. The van der Waals surface area contributed by atoms with E-state index >= 15 is 0 Å². The van der Waals surface area contributed by atoms with Crippen LogP contribution in [0.2, 0.25) is 0 Å². The molecule has 0 spiro atoms. The van der Waals surface area contributed by atoms with Gasteiger partial charge < -0.3 is 4.74 Å². The van der Waals surface area contributed by atoms with Crippen molar-refractivity contribution in [3.05, 3.63) is 35.9 Å². The standard InChI is InChI=1S/C15H18O2/c1-17-15(11-7-8-11)14(16)13-9-12(13)10-5-3-2-4-6-10/h2-6,11-13,15H,7-9H2,1H3. The fourth-order valence-electron chi connectivity index (χ4n) is 2.73. The van der Waals surface area contributed by atoms with Crippen LogP contribution in [0.3, 0.4) is 0 Å². The van der Waals surface area contributed by atoms with Gasteiger partial charge in [0, 0.05) is 13.0 Å². The highest BCUT2D eigenvalue weighted by molar-refractivity contribution is 5.89. The number of Topliss-reactive ketones (excluding diaryl/α,β-unsaturated/α-hetero) is 1. The summed E-state index contributed by atoms with van der Waals surface area (Å²) in [6, 6.07) is 10.4. The molecule has 3 atom stereocenters. The largest absolute Gasteiger partial charge is 0.373 e. The zero-order valence-electron chi connectivity index (χ0n) is 10.1. The lowest BCUT2D eigenvalue weighted by atomic mass is 10.0. The Hall–Kier alpha value is -1.15. The summed E-state index contributed by atoms with van der Waals surface area (Å²) in [7, 11) is 1.67. The number of hydrogen-bond acceptors (Lipinski definition) is 2. The lowest BCUT2D eigenvalue weighted by Crippen LogP contribution is -2.27. The summed E-state index contributed by atoms with van der Waals surface area (Å²) in [4.78, 5) is 12.3. The van der Waals surface area contributed by atoms with Crippen LogP contribution in [-0.4, -0.2) is 19.0 Å². The van der Waals surface area contributed by atoms with Gasteiger partial charge in [0.1, 0.15) is 6.10 Å². The van der Waals surface area contributed by atoms with Crippen molar-refractivity contribution < 1.29 is 9.53 Å². The van der Waals surface area contributed by atoms with Crippen molar-refractivity contribution in [2.45, 2.75) is 31.3 Å². The molecule has 90 valence electrons. The number of hydrogen-bond donors (Lipinski definition) is 0. The predicted octanol–water partition coefficient (Wildman–Crippen LogP) is 2.78. The van der Waals surface area contributed by atoms with Gasteiger partial charge in [-0.25, -0.2) is 0 Å². The molecule has 3 rings (SSSR count). The molecule has 0 amide bonds. The predicted molar refractivity (Wildman–Crippen MR) is 65.8 cm³/mol. The van der Waals surface area contributed by atoms with Crippen molar-refractivity contribution in [2.75, 3.05) is 7.11 Å². The second kappa shape index (κ2) is 4.26. The van der Waals surface area contributed by atoms with E-state index in [2.05, 4.69) is 12.1 Å². The van der Waals surface area contributed by atoms with Crippen LogP contribution in [0.25, 0.3) is 0 Å². The van der Waals surface area contributed by atoms with Crippen LogP contribution in [-0.2, 0) is 9.53 Å². The summed E-state index contributed by atoms with van der Waals surface area (Å²) in [5.74, 6) is 1.50. The summed E-state index contributed by atoms with van der Waals surface area (Å²) >= 11 is 0. The highest BCUT2D eigenvalue weighted by Gasteiger charge is 2.49. The first-order chi connectivity index (χ1) is 8.31. The molecule has 0 saturated heterocycles. The molecule has 0 N–H and O–H groups in total. The monoisotopic (exact) mass is 230 g/mol. The molecule has 2 aliphatic rings. The van der Waals surface area contributed by atoms with Gasteiger partial charge in [-0.3, -0.25) is 4.79 Å². The van der Waals surface area contributed by atoms with Gasteiger partial charge in [-0.1, -0.05) is 30.3 Å². The summed E-state index contributed by atoms with van der Waals surface area (Å²) in [5, 5.41) is 0.